The lowest BCUT2D eigenvalue weighted by molar-refractivity contribution is -0.396. The Kier molecular flexibility index (Phi) is 9.60. The van der Waals surface area contributed by atoms with Crippen molar-refractivity contribution in [1.29, 1.82) is 0 Å². The fraction of sp³-hybridized carbons (Fsp3) is 0.676. The van der Waals surface area contributed by atoms with E-state index in [0.29, 0.717) is 22.3 Å². The maximum atomic E-state index is 14.5. The van der Waals surface area contributed by atoms with Gasteiger partial charge < -0.3 is 29.3 Å². The van der Waals surface area contributed by atoms with E-state index in [0.717, 1.165) is 12.8 Å². The fourth-order valence-electron chi connectivity index (χ4n) is 8.27. The molecule has 1 aromatic heterocycles. The van der Waals surface area contributed by atoms with Gasteiger partial charge in [0, 0.05) is 10.9 Å². The van der Waals surface area contributed by atoms with Gasteiger partial charge in [-0.05, 0) is 98.5 Å². The summed E-state index contributed by atoms with van der Waals surface area (Å²) in [6.07, 6.45) is 1.57. The maximum absolute atomic E-state index is 14.5. The van der Waals surface area contributed by atoms with E-state index >= 15 is 0 Å². The van der Waals surface area contributed by atoms with Crippen LogP contribution in [0.4, 0.5) is 5.13 Å². The summed E-state index contributed by atoms with van der Waals surface area (Å²) in [4.78, 5) is 52.5. The number of carbonyl (C=O) groups excluding carboxylic acids is 3. The molecule has 284 valence electrons. The first-order chi connectivity index (χ1) is 24.0. The third kappa shape index (κ3) is 6.83. The summed E-state index contributed by atoms with van der Waals surface area (Å²) in [5, 5.41) is 4.86. The molecule has 13 nitrogen and oxygen atoms in total. The van der Waals surface area contributed by atoms with Crippen molar-refractivity contribution in [3.05, 3.63) is 40.4 Å². The maximum Gasteiger partial charge on any atom is 0.483 e. The van der Waals surface area contributed by atoms with Crippen molar-refractivity contribution in [2.45, 2.75) is 136 Å². The van der Waals surface area contributed by atoms with Gasteiger partial charge in [0.1, 0.15) is 28.5 Å². The minimum absolute atomic E-state index is 0.0831. The highest BCUT2D eigenvalue weighted by atomic mass is 32.1. The van der Waals surface area contributed by atoms with Crippen LogP contribution in [0, 0.1) is 17.3 Å². The Hall–Kier alpha value is -3.24. The third-order valence-corrected chi connectivity index (χ3v) is 11.6. The minimum atomic E-state index is -1.55. The average Bonchev–Trinajstić information content (AvgIpc) is 3.57. The molecule has 3 heterocycles. The van der Waals surface area contributed by atoms with Crippen LogP contribution >= 0.6 is 11.3 Å². The molecule has 15 heteroatoms. The van der Waals surface area contributed by atoms with Crippen molar-refractivity contribution in [3.63, 3.8) is 0 Å². The number of rotatable bonds is 9. The summed E-state index contributed by atoms with van der Waals surface area (Å²) in [5.74, 6) is -1.41. The summed E-state index contributed by atoms with van der Waals surface area (Å²) < 4.78 is 31.2. The number of para-hydroxylation sites is 1. The number of amides is 1. The standard InChI is InChI=1S/C37H53BN4O9S/c1-33(2,3)47-30(44)23-15-13-14-22(28(23)46-12)27-29(38-49-25-17-20-16-24(35(20,7)8)37(25,11)50-38)42(51-36(9,10)31(45)48-34(4,5)6)41(27)26(43)18-21-19-52-32(39)40-21/h13-15,19-20,24-25,27,29H,16-18H2,1-12H3,(H2,39,40)/t20?,24?,25?,27?,29-,37?/m0/s1. The molecule has 5 fully saturated rings. The van der Waals surface area contributed by atoms with E-state index in [9.17, 15) is 14.4 Å². The number of nitrogens with zero attached hydrogens (tertiary/aromatic N) is 3. The van der Waals surface area contributed by atoms with Gasteiger partial charge in [-0.15, -0.1) is 11.3 Å². The first-order valence-electron chi connectivity index (χ1n) is 17.9. The van der Waals surface area contributed by atoms with Crippen molar-refractivity contribution < 1.29 is 42.7 Å². The predicted molar refractivity (Wildman–Crippen MR) is 195 cm³/mol. The number of carbonyl (C=O) groups is 3. The quantitative estimate of drug-likeness (QED) is 0.247. The summed E-state index contributed by atoms with van der Waals surface area (Å²) in [6.45, 7) is 20.6. The number of hydroxylamine groups is 1. The van der Waals surface area contributed by atoms with Crippen LogP contribution in [0.1, 0.15) is 117 Å². The van der Waals surface area contributed by atoms with Crippen LogP contribution in [-0.2, 0) is 39.6 Å². The van der Waals surface area contributed by atoms with Crippen molar-refractivity contribution in [2.75, 3.05) is 12.8 Å². The van der Waals surface area contributed by atoms with Crippen LogP contribution in [-0.4, -0.2) is 81.7 Å². The average molecular weight is 741 g/mol. The number of thiazole rings is 1. The lowest BCUT2D eigenvalue weighted by Crippen LogP contribution is -2.74. The van der Waals surface area contributed by atoms with E-state index < -0.39 is 59.4 Å². The topological polar surface area (TPSA) is 152 Å². The molecular weight excluding hydrogens is 687 g/mol. The number of anilines is 1. The molecular formula is C37H53BN4O9S. The van der Waals surface area contributed by atoms with Crippen molar-refractivity contribution in [2.24, 2.45) is 17.3 Å². The highest BCUT2D eigenvalue weighted by Crippen LogP contribution is 2.66. The van der Waals surface area contributed by atoms with E-state index in [1.165, 1.54) is 28.6 Å². The first kappa shape index (κ1) is 38.5. The molecule has 5 aliphatic rings. The monoisotopic (exact) mass is 740 g/mol. The third-order valence-electron chi connectivity index (χ3n) is 10.9. The Morgan fingerprint density at radius 1 is 1.04 bits per heavy atom. The fourth-order valence-corrected chi connectivity index (χ4v) is 8.83. The molecule has 2 bridgehead atoms. The second-order valence-electron chi connectivity index (χ2n) is 17.7. The van der Waals surface area contributed by atoms with Crippen LogP contribution in [0.25, 0.3) is 0 Å². The van der Waals surface area contributed by atoms with Gasteiger partial charge in [-0.1, -0.05) is 31.2 Å². The number of hydrogen-bond donors (Lipinski definition) is 1. The van der Waals surface area contributed by atoms with Gasteiger partial charge in [0.05, 0.1) is 37.0 Å². The van der Waals surface area contributed by atoms with Gasteiger partial charge in [-0.2, -0.15) is 0 Å². The first-order valence-corrected chi connectivity index (χ1v) is 18.8. The number of hydrazine groups is 1. The molecule has 7 rings (SSSR count). The summed E-state index contributed by atoms with van der Waals surface area (Å²) in [7, 11) is 0.580. The smallest absolute Gasteiger partial charge is 0.483 e. The van der Waals surface area contributed by atoms with E-state index in [-0.39, 0.29) is 35.2 Å². The van der Waals surface area contributed by atoms with Crippen LogP contribution in [0.3, 0.4) is 0 Å². The van der Waals surface area contributed by atoms with Crippen LogP contribution < -0.4 is 10.5 Å². The van der Waals surface area contributed by atoms with E-state index in [1.807, 2.05) is 0 Å². The number of aromatic nitrogens is 1. The van der Waals surface area contributed by atoms with E-state index in [2.05, 4.69) is 25.8 Å². The van der Waals surface area contributed by atoms with E-state index in [4.69, 9.17) is 34.1 Å². The van der Waals surface area contributed by atoms with Gasteiger partial charge >= 0.3 is 19.1 Å². The van der Waals surface area contributed by atoms with Crippen molar-refractivity contribution in [1.82, 2.24) is 15.2 Å². The minimum Gasteiger partial charge on any atom is -0.495 e. The lowest BCUT2D eigenvalue weighted by atomic mass is 9.43. The number of hydrogen-bond acceptors (Lipinski definition) is 13. The molecule has 2 saturated heterocycles. The molecule has 3 aliphatic carbocycles. The van der Waals surface area contributed by atoms with Crippen LogP contribution in [0.15, 0.2) is 23.6 Å². The van der Waals surface area contributed by atoms with Crippen molar-refractivity contribution >= 4 is 41.4 Å². The number of nitrogen functional groups attached to an aromatic ring is 1. The molecule has 52 heavy (non-hydrogen) atoms. The number of ether oxygens (including phenoxy) is 3. The molecule has 0 spiro atoms. The summed E-state index contributed by atoms with van der Waals surface area (Å²) in [6, 6.07) is 4.32. The second-order valence-corrected chi connectivity index (χ2v) is 18.6. The molecule has 0 radical (unpaired) electrons. The molecule has 1 amide bonds. The Morgan fingerprint density at radius 2 is 1.71 bits per heavy atom. The zero-order valence-corrected chi connectivity index (χ0v) is 33.2. The number of methoxy groups -OCH3 is 1. The van der Waals surface area contributed by atoms with Crippen molar-refractivity contribution in [3.8, 4) is 5.75 Å². The molecule has 2 N–H and O–H groups in total. The second kappa shape index (κ2) is 13.0. The van der Waals surface area contributed by atoms with Gasteiger partial charge in [0.25, 0.3) is 0 Å². The highest BCUT2D eigenvalue weighted by Gasteiger charge is 2.72. The van der Waals surface area contributed by atoms with Crippen LogP contribution in [0.5, 0.6) is 5.75 Å². The molecule has 1 aromatic carbocycles. The van der Waals surface area contributed by atoms with Gasteiger partial charge in [-0.3, -0.25) is 9.63 Å². The lowest BCUT2D eigenvalue weighted by Gasteiger charge is -2.64. The largest absolute Gasteiger partial charge is 0.495 e. The number of nitrogens with two attached hydrogens (primary N) is 1. The highest BCUT2D eigenvalue weighted by molar-refractivity contribution is 7.13. The molecule has 6 atom stereocenters. The van der Waals surface area contributed by atoms with Gasteiger partial charge in [0.2, 0.25) is 5.91 Å². The Balaban J connectivity index is 1.46. The molecule has 2 aromatic rings. The molecule has 5 unspecified atom stereocenters. The normalized spacial score (nSPS) is 28.4. The van der Waals surface area contributed by atoms with Gasteiger partial charge in [0.15, 0.2) is 10.7 Å². The Bertz CT molecular complexity index is 1740. The van der Waals surface area contributed by atoms with E-state index in [1.54, 1.807) is 79.0 Å². The summed E-state index contributed by atoms with van der Waals surface area (Å²) >= 11 is 1.23. The molecule has 2 aliphatic heterocycles. The Labute approximate surface area is 310 Å². The number of benzene rings is 1. The van der Waals surface area contributed by atoms with Crippen LogP contribution in [0.2, 0.25) is 0 Å². The molecule has 3 saturated carbocycles. The number of esters is 2. The Morgan fingerprint density at radius 3 is 2.29 bits per heavy atom. The zero-order valence-electron chi connectivity index (χ0n) is 32.4. The predicted octanol–water partition coefficient (Wildman–Crippen LogP) is 5.72. The van der Waals surface area contributed by atoms with Gasteiger partial charge in [-0.25, -0.2) is 19.6 Å². The summed E-state index contributed by atoms with van der Waals surface area (Å²) in [5.41, 5.74) is 3.48. The zero-order chi connectivity index (χ0) is 38.3. The SMILES string of the molecule is COc1c(C(=O)OC(C)(C)C)cccc1C1[C@@H](B2OC3CC4CC(C4(C)C)C3(C)O2)N(OC(C)(C)C(=O)OC(C)(C)C)N1C(=O)Cc1csc(N)n1.